The quantitative estimate of drug-likeness (QED) is 0.517. The Labute approximate surface area is 158 Å². The molecule has 2 aromatic carbocycles. The van der Waals surface area contributed by atoms with Gasteiger partial charge in [-0.3, -0.25) is 0 Å². The van der Waals surface area contributed by atoms with Crippen LogP contribution in [0.3, 0.4) is 0 Å². The average Bonchev–Trinajstić information content (AvgIpc) is 3.19. The van der Waals surface area contributed by atoms with Crippen LogP contribution in [0.15, 0.2) is 77.4 Å². The van der Waals surface area contributed by atoms with Gasteiger partial charge in [-0.05, 0) is 30.7 Å². The van der Waals surface area contributed by atoms with Gasteiger partial charge in [-0.2, -0.15) is 4.98 Å². The topological polar surface area (TPSA) is 55.1 Å². The second-order valence-electron chi connectivity index (χ2n) is 6.54. The maximum atomic E-state index is 5.43. The van der Waals surface area contributed by atoms with Gasteiger partial charge >= 0.3 is 0 Å². The van der Waals surface area contributed by atoms with Crippen molar-refractivity contribution in [3.05, 3.63) is 84.1 Å². The molecular formula is C22H20N4O. The van der Waals surface area contributed by atoms with E-state index in [1.807, 2.05) is 68.6 Å². The van der Waals surface area contributed by atoms with Crippen LogP contribution in [0.25, 0.3) is 22.8 Å². The van der Waals surface area contributed by atoms with Crippen LogP contribution in [0, 0.1) is 6.92 Å². The molecule has 5 heteroatoms. The van der Waals surface area contributed by atoms with Gasteiger partial charge in [0.25, 0.3) is 5.89 Å². The first-order valence-corrected chi connectivity index (χ1v) is 8.81. The molecule has 0 N–H and O–H groups in total. The minimum absolute atomic E-state index is 0.469. The van der Waals surface area contributed by atoms with Crippen molar-refractivity contribution in [2.75, 3.05) is 11.9 Å². The van der Waals surface area contributed by atoms with Gasteiger partial charge in [-0.25, -0.2) is 4.98 Å². The summed E-state index contributed by atoms with van der Waals surface area (Å²) < 4.78 is 5.43. The predicted octanol–water partition coefficient (Wildman–Crippen LogP) is 4.74. The van der Waals surface area contributed by atoms with Crippen LogP contribution in [-0.2, 0) is 6.54 Å². The Hall–Kier alpha value is -3.47. The zero-order valence-electron chi connectivity index (χ0n) is 15.3. The smallest absolute Gasteiger partial charge is 0.259 e. The summed E-state index contributed by atoms with van der Waals surface area (Å²) in [5, 5.41) is 4.09. The molecular weight excluding hydrogens is 336 g/mol. The van der Waals surface area contributed by atoms with Crippen LogP contribution in [0.1, 0.15) is 11.1 Å². The lowest BCUT2D eigenvalue weighted by Gasteiger charge is -2.18. The molecule has 0 saturated carbocycles. The van der Waals surface area contributed by atoms with E-state index in [1.165, 1.54) is 5.56 Å². The molecule has 0 aliphatic heterocycles. The van der Waals surface area contributed by atoms with Gasteiger partial charge in [0.2, 0.25) is 5.82 Å². The number of benzene rings is 2. The molecule has 0 atom stereocenters. The van der Waals surface area contributed by atoms with E-state index in [9.17, 15) is 0 Å². The minimum atomic E-state index is 0.469. The van der Waals surface area contributed by atoms with Crippen molar-refractivity contribution in [3.63, 3.8) is 0 Å². The lowest BCUT2D eigenvalue weighted by atomic mass is 10.1. The first-order valence-electron chi connectivity index (χ1n) is 8.81. The lowest BCUT2D eigenvalue weighted by molar-refractivity contribution is 0.432. The molecule has 0 saturated heterocycles. The fraction of sp³-hybridized carbons (Fsp3) is 0.136. The molecule has 0 aliphatic rings. The van der Waals surface area contributed by atoms with Gasteiger partial charge in [0.05, 0.1) is 5.56 Å². The lowest BCUT2D eigenvalue weighted by Crippen LogP contribution is -2.17. The molecule has 4 rings (SSSR count). The van der Waals surface area contributed by atoms with E-state index in [2.05, 4.69) is 32.2 Å². The number of hydrogen-bond donors (Lipinski definition) is 0. The van der Waals surface area contributed by atoms with Crippen molar-refractivity contribution in [1.82, 2.24) is 15.1 Å². The van der Waals surface area contributed by atoms with E-state index in [0.29, 0.717) is 11.7 Å². The van der Waals surface area contributed by atoms with Crippen LogP contribution in [0.2, 0.25) is 0 Å². The van der Waals surface area contributed by atoms with Gasteiger partial charge < -0.3 is 9.42 Å². The predicted molar refractivity (Wildman–Crippen MR) is 106 cm³/mol. The molecule has 4 aromatic rings. The summed E-state index contributed by atoms with van der Waals surface area (Å²) >= 11 is 0. The van der Waals surface area contributed by atoms with Crippen LogP contribution >= 0.6 is 0 Å². The number of aryl methyl sites for hydroxylation is 1. The van der Waals surface area contributed by atoms with Crippen molar-refractivity contribution < 1.29 is 4.52 Å². The van der Waals surface area contributed by atoms with Gasteiger partial charge in [0.15, 0.2) is 0 Å². The summed E-state index contributed by atoms with van der Waals surface area (Å²) in [6, 6.07) is 22.3. The summed E-state index contributed by atoms with van der Waals surface area (Å²) in [6.07, 6.45) is 1.77. The molecule has 2 heterocycles. The number of hydrogen-bond acceptors (Lipinski definition) is 5. The molecule has 0 amide bonds. The zero-order chi connectivity index (χ0) is 18.6. The largest absolute Gasteiger partial charge is 0.355 e. The second-order valence-corrected chi connectivity index (χ2v) is 6.54. The standard InChI is InChI=1S/C22H20N4O/c1-16-7-6-10-18(13-16)21-24-22(27-25-21)19-11-12-20(23-14-19)26(2)15-17-8-4-3-5-9-17/h3-14H,15H2,1-2H3. The molecule has 0 radical (unpaired) electrons. The Balaban J connectivity index is 1.51. The van der Waals surface area contributed by atoms with E-state index in [4.69, 9.17) is 4.52 Å². The summed E-state index contributed by atoms with van der Waals surface area (Å²) in [7, 11) is 2.03. The molecule has 0 aliphatic carbocycles. The van der Waals surface area contributed by atoms with E-state index >= 15 is 0 Å². The number of aromatic nitrogens is 3. The summed E-state index contributed by atoms with van der Waals surface area (Å²) in [5.74, 6) is 1.94. The molecule has 0 bridgehead atoms. The first kappa shape index (κ1) is 17.0. The normalized spacial score (nSPS) is 10.7. The van der Waals surface area contributed by atoms with Crippen LogP contribution in [0.5, 0.6) is 0 Å². The van der Waals surface area contributed by atoms with Crippen LogP contribution in [-0.4, -0.2) is 22.2 Å². The molecule has 0 fully saturated rings. The van der Waals surface area contributed by atoms with Crippen LogP contribution < -0.4 is 4.90 Å². The number of pyridine rings is 1. The highest BCUT2D eigenvalue weighted by Crippen LogP contribution is 2.23. The number of anilines is 1. The third kappa shape index (κ3) is 3.87. The highest BCUT2D eigenvalue weighted by Gasteiger charge is 2.12. The molecule has 134 valence electrons. The van der Waals surface area contributed by atoms with Crippen molar-refractivity contribution in [2.24, 2.45) is 0 Å². The molecule has 0 unspecified atom stereocenters. The summed E-state index contributed by atoms with van der Waals surface area (Å²) in [6.45, 7) is 2.84. The second kappa shape index (κ2) is 7.41. The maximum Gasteiger partial charge on any atom is 0.259 e. The van der Waals surface area contributed by atoms with Crippen molar-refractivity contribution in [3.8, 4) is 22.8 Å². The van der Waals surface area contributed by atoms with Crippen molar-refractivity contribution in [2.45, 2.75) is 13.5 Å². The van der Waals surface area contributed by atoms with E-state index < -0.39 is 0 Å². The Morgan fingerprint density at radius 3 is 2.52 bits per heavy atom. The number of nitrogens with zero attached hydrogens (tertiary/aromatic N) is 4. The van der Waals surface area contributed by atoms with Gasteiger partial charge in [0.1, 0.15) is 5.82 Å². The van der Waals surface area contributed by atoms with Gasteiger partial charge in [0, 0.05) is 25.4 Å². The zero-order valence-corrected chi connectivity index (χ0v) is 15.3. The molecule has 0 spiro atoms. The number of rotatable bonds is 5. The monoisotopic (exact) mass is 356 g/mol. The Morgan fingerprint density at radius 1 is 0.926 bits per heavy atom. The maximum absolute atomic E-state index is 5.43. The van der Waals surface area contributed by atoms with E-state index in [0.717, 1.165) is 29.1 Å². The van der Waals surface area contributed by atoms with E-state index in [1.54, 1.807) is 6.20 Å². The summed E-state index contributed by atoms with van der Waals surface area (Å²) in [4.78, 5) is 11.2. The Morgan fingerprint density at radius 2 is 1.78 bits per heavy atom. The van der Waals surface area contributed by atoms with E-state index in [-0.39, 0.29) is 0 Å². The van der Waals surface area contributed by atoms with Crippen molar-refractivity contribution >= 4 is 5.82 Å². The van der Waals surface area contributed by atoms with Gasteiger partial charge in [-0.15, -0.1) is 0 Å². The molecule has 5 nitrogen and oxygen atoms in total. The third-order valence-electron chi connectivity index (χ3n) is 4.35. The minimum Gasteiger partial charge on any atom is -0.355 e. The summed E-state index contributed by atoms with van der Waals surface area (Å²) in [5.41, 5.74) is 4.15. The first-order chi connectivity index (χ1) is 13.2. The fourth-order valence-electron chi connectivity index (χ4n) is 2.92. The van der Waals surface area contributed by atoms with Crippen LogP contribution in [0.4, 0.5) is 5.82 Å². The third-order valence-corrected chi connectivity index (χ3v) is 4.35. The molecule has 2 aromatic heterocycles. The highest BCUT2D eigenvalue weighted by atomic mass is 16.5. The SMILES string of the molecule is Cc1cccc(-c2noc(-c3ccc(N(C)Cc4ccccc4)nc3)n2)c1. The Bertz CT molecular complexity index is 1030. The fourth-order valence-corrected chi connectivity index (χ4v) is 2.92. The van der Waals surface area contributed by atoms with Gasteiger partial charge in [-0.1, -0.05) is 59.3 Å². The Kier molecular flexibility index (Phi) is 4.66. The average molecular weight is 356 g/mol. The molecule has 27 heavy (non-hydrogen) atoms. The highest BCUT2D eigenvalue weighted by molar-refractivity contribution is 5.60. The van der Waals surface area contributed by atoms with Crippen molar-refractivity contribution in [1.29, 1.82) is 0 Å².